The minimum atomic E-state index is 0.314. The Hall–Kier alpha value is -0.550. The summed E-state index contributed by atoms with van der Waals surface area (Å²) in [6.07, 6.45) is 10.0. The summed E-state index contributed by atoms with van der Waals surface area (Å²) in [4.78, 5) is 0. The first-order valence-corrected chi connectivity index (χ1v) is 8.19. The van der Waals surface area contributed by atoms with Crippen molar-refractivity contribution in [2.75, 3.05) is 6.61 Å². The second-order valence-electron chi connectivity index (χ2n) is 7.53. The molecule has 0 heterocycles. The van der Waals surface area contributed by atoms with E-state index in [1.807, 2.05) is 0 Å². The molecule has 3 fully saturated rings. The van der Waals surface area contributed by atoms with Gasteiger partial charge in [-0.25, -0.2) is 0 Å². The van der Waals surface area contributed by atoms with Crippen molar-refractivity contribution in [1.29, 1.82) is 5.26 Å². The van der Waals surface area contributed by atoms with Crippen LogP contribution in [0.4, 0.5) is 0 Å². The molecule has 0 spiro atoms. The molecule has 0 saturated heterocycles. The van der Waals surface area contributed by atoms with Crippen LogP contribution < -0.4 is 0 Å². The highest BCUT2D eigenvalue weighted by molar-refractivity contribution is 5.09. The molecule has 0 aromatic heterocycles. The summed E-state index contributed by atoms with van der Waals surface area (Å²) in [6.45, 7) is 2.76. The number of aliphatic hydroxyl groups excluding tert-OH is 1. The highest BCUT2D eigenvalue weighted by Gasteiger charge is 2.54. The van der Waals surface area contributed by atoms with E-state index in [0.29, 0.717) is 17.9 Å². The van der Waals surface area contributed by atoms with Gasteiger partial charge in [0, 0.05) is 6.61 Å². The lowest BCUT2D eigenvalue weighted by Gasteiger charge is -2.51. The van der Waals surface area contributed by atoms with Crippen LogP contribution in [0.15, 0.2) is 0 Å². The number of nitriles is 1. The number of hydrogen-bond acceptors (Lipinski definition) is 2. The zero-order valence-corrected chi connectivity index (χ0v) is 12.1. The van der Waals surface area contributed by atoms with Crippen molar-refractivity contribution in [3.63, 3.8) is 0 Å². The van der Waals surface area contributed by atoms with Crippen LogP contribution in [0.1, 0.15) is 58.3 Å². The molecule has 0 radical (unpaired) electrons. The zero-order valence-electron chi connectivity index (χ0n) is 12.1. The molecule has 3 aliphatic carbocycles. The molecular weight excluding hydrogens is 234 g/mol. The Kier molecular flexibility index (Phi) is 3.60. The molecule has 3 rings (SSSR count). The summed E-state index contributed by atoms with van der Waals surface area (Å²) in [7, 11) is 0. The number of fused-ring (bicyclic) bond motifs is 3. The lowest BCUT2D eigenvalue weighted by Crippen LogP contribution is -2.43. The lowest BCUT2D eigenvalue weighted by molar-refractivity contribution is -0.0135. The van der Waals surface area contributed by atoms with E-state index in [1.54, 1.807) is 0 Å². The molecule has 0 bridgehead atoms. The first-order chi connectivity index (χ1) is 9.19. The summed E-state index contributed by atoms with van der Waals surface area (Å²) < 4.78 is 0. The molecular formula is C17H27NO. The second kappa shape index (κ2) is 5.09. The first-order valence-electron chi connectivity index (χ1n) is 8.19. The van der Waals surface area contributed by atoms with Crippen molar-refractivity contribution in [1.82, 2.24) is 0 Å². The highest BCUT2D eigenvalue weighted by Crippen LogP contribution is 2.61. The van der Waals surface area contributed by atoms with E-state index in [9.17, 15) is 5.26 Å². The minimum Gasteiger partial charge on any atom is -0.396 e. The third-order valence-corrected chi connectivity index (χ3v) is 6.82. The van der Waals surface area contributed by atoms with Gasteiger partial charge < -0.3 is 5.11 Å². The van der Waals surface area contributed by atoms with Gasteiger partial charge in [0.15, 0.2) is 0 Å². The first kappa shape index (κ1) is 13.4. The Balaban J connectivity index is 1.73. The average molecular weight is 261 g/mol. The normalized spacial score (nSPS) is 49.2. The molecule has 106 valence electrons. The second-order valence-corrected chi connectivity index (χ2v) is 7.53. The van der Waals surface area contributed by atoms with Crippen LogP contribution in [0, 0.1) is 46.3 Å². The molecule has 19 heavy (non-hydrogen) atoms. The van der Waals surface area contributed by atoms with Gasteiger partial charge in [-0.15, -0.1) is 0 Å². The Morgan fingerprint density at radius 2 is 2.05 bits per heavy atom. The van der Waals surface area contributed by atoms with Crippen LogP contribution in [0.5, 0.6) is 0 Å². The van der Waals surface area contributed by atoms with Gasteiger partial charge in [-0.3, -0.25) is 0 Å². The summed E-state index contributed by atoms with van der Waals surface area (Å²) in [6, 6.07) is 2.60. The fourth-order valence-electron chi connectivity index (χ4n) is 5.73. The van der Waals surface area contributed by atoms with Gasteiger partial charge in [0.25, 0.3) is 0 Å². The van der Waals surface area contributed by atoms with Crippen LogP contribution in [-0.4, -0.2) is 11.7 Å². The van der Waals surface area contributed by atoms with Gasteiger partial charge in [0.2, 0.25) is 0 Å². The Morgan fingerprint density at radius 3 is 2.79 bits per heavy atom. The molecule has 3 saturated carbocycles. The lowest BCUT2D eigenvalue weighted by atomic mass is 9.54. The van der Waals surface area contributed by atoms with Gasteiger partial charge >= 0.3 is 0 Å². The van der Waals surface area contributed by atoms with Crippen LogP contribution >= 0.6 is 0 Å². The maximum atomic E-state index is 9.40. The molecule has 0 amide bonds. The molecule has 6 atom stereocenters. The van der Waals surface area contributed by atoms with Gasteiger partial charge in [0.05, 0.1) is 12.0 Å². The fourth-order valence-corrected chi connectivity index (χ4v) is 5.73. The molecule has 0 aliphatic heterocycles. The van der Waals surface area contributed by atoms with Crippen molar-refractivity contribution in [3.05, 3.63) is 0 Å². The predicted molar refractivity (Wildman–Crippen MR) is 75.2 cm³/mol. The third kappa shape index (κ3) is 2.11. The average Bonchev–Trinajstić information content (AvgIpc) is 2.76. The monoisotopic (exact) mass is 261 g/mol. The van der Waals surface area contributed by atoms with Crippen molar-refractivity contribution in [2.45, 2.75) is 58.3 Å². The van der Waals surface area contributed by atoms with Crippen LogP contribution in [0.3, 0.4) is 0 Å². The Bertz CT molecular complexity index is 374. The zero-order chi connectivity index (χ0) is 13.5. The van der Waals surface area contributed by atoms with E-state index < -0.39 is 0 Å². The van der Waals surface area contributed by atoms with E-state index in [0.717, 1.165) is 36.5 Å². The maximum Gasteiger partial charge on any atom is 0.0661 e. The molecule has 0 aromatic rings. The number of aliphatic hydroxyl groups is 1. The van der Waals surface area contributed by atoms with Gasteiger partial charge in [-0.1, -0.05) is 13.3 Å². The van der Waals surface area contributed by atoms with Crippen LogP contribution in [0.25, 0.3) is 0 Å². The maximum absolute atomic E-state index is 9.40. The molecule has 2 heteroatoms. The SMILES string of the molecule is C[C@]12CC[C@@H]3C[C@H](CCO)CC[C@H]3[C@@H]1CC[C@@H]2C#N. The Labute approximate surface area is 117 Å². The molecule has 0 unspecified atom stereocenters. The third-order valence-electron chi connectivity index (χ3n) is 6.82. The molecule has 2 nitrogen and oxygen atoms in total. The highest BCUT2D eigenvalue weighted by atomic mass is 16.3. The summed E-state index contributed by atoms with van der Waals surface area (Å²) >= 11 is 0. The van der Waals surface area contributed by atoms with E-state index in [4.69, 9.17) is 5.11 Å². The van der Waals surface area contributed by atoms with Crippen molar-refractivity contribution in [2.24, 2.45) is 35.0 Å². The molecule has 0 aromatic carbocycles. The van der Waals surface area contributed by atoms with Crippen molar-refractivity contribution in [3.8, 4) is 6.07 Å². The minimum absolute atomic E-state index is 0.314. The Morgan fingerprint density at radius 1 is 1.21 bits per heavy atom. The topological polar surface area (TPSA) is 44.0 Å². The standard InChI is InChI=1S/C17H27NO/c1-17-8-6-13-10-12(7-9-19)2-4-15(13)16(17)5-3-14(17)11-18/h12-16,19H,2-10H2,1H3/t12-,13+,14+,15+,16-,17+/m0/s1. The summed E-state index contributed by atoms with van der Waals surface area (Å²) in [5.41, 5.74) is 0.319. The van der Waals surface area contributed by atoms with E-state index in [1.165, 1.54) is 38.5 Å². The smallest absolute Gasteiger partial charge is 0.0661 e. The molecule has 3 aliphatic rings. The predicted octanol–water partition coefficient (Wildman–Crippen LogP) is 3.75. The fraction of sp³-hybridized carbons (Fsp3) is 0.941. The van der Waals surface area contributed by atoms with Crippen LogP contribution in [-0.2, 0) is 0 Å². The van der Waals surface area contributed by atoms with Gasteiger partial charge in [-0.05, 0) is 74.0 Å². The van der Waals surface area contributed by atoms with Crippen molar-refractivity contribution >= 4 is 0 Å². The molecule has 1 N–H and O–H groups in total. The van der Waals surface area contributed by atoms with Crippen LogP contribution in [0.2, 0.25) is 0 Å². The van der Waals surface area contributed by atoms with E-state index in [-0.39, 0.29) is 0 Å². The quantitative estimate of drug-likeness (QED) is 0.822. The van der Waals surface area contributed by atoms with E-state index >= 15 is 0 Å². The van der Waals surface area contributed by atoms with Gasteiger partial charge in [-0.2, -0.15) is 5.26 Å². The number of hydrogen-bond donors (Lipinski definition) is 1. The number of rotatable bonds is 2. The number of nitrogens with zero attached hydrogens (tertiary/aromatic N) is 1. The van der Waals surface area contributed by atoms with E-state index in [2.05, 4.69) is 13.0 Å². The largest absolute Gasteiger partial charge is 0.396 e. The van der Waals surface area contributed by atoms with Crippen molar-refractivity contribution < 1.29 is 5.11 Å². The van der Waals surface area contributed by atoms with Gasteiger partial charge in [0.1, 0.15) is 0 Å². The summed E-state index contributed by atoms with van der Waals surface area (Å²) in [5.74, 6) is 3.66. The summed E-state index contributed by atoms with van der Waals surface area (Å²) in [5, 5.41) is 18.5.